The molecular weight excluding hydrogens is 194 g/mol. The number of nitrogens with two attached hydrogens (primary N) is 1. The molecule has 5 nitrogen and oxygen atoms in total. The third-order valence-electron chi connectivity index (χ3n) is 3.56. The van der Waals surface area contributed by atoms with E-state index in [4.69, 9.17) is 10.8 Å². The molecule has 15 heavy (non-hydrogen) atoms. The van der Waals surface area contributed by atoms with E-state index < -0.39 is 6.04 Å². The molecule has 0 aromatic carbocycles. The summed E-state index contributed by atoms with van der Waals surface area (Å²) in [6, 6.07) is -0.570. The highest BCUT2D eigenvalue weighted by molar-refractivity contribution is 5.82. The summed E-state index contributed by atoms with van der Waals surface area (Å²) in [5, 5.41) is 11.7. The topological polar surface area (TPSA) is 78.6 Å². The first-order valence-electron chi connectivity index (χ1n) is 5.43. The molecule has 86 valence electrons. The van der Waals surface area contributed by atoms with Gasteiger partial charge in [-0.2, -0.15) is 0 Å². The van der Waals surface area contributed by atoms with Crippen molar-refractivity contribution in [2.24, 2.45) is 11.1 Å². The van der Waals surface area contributed by atoms with Crippen LogP contribution in [0.5, 0.6) is 0 Å². The highest BCUT2D eigenvalue weighted by Gasteiger charge is 2.54. The van der Waals surface area contributed by atoms with E-state index in [0.717, 1.165) is 13.1 Å². The number of aliphatic hydroxyl groups excluding tert-OH is 1. The number of nitrogens with one attached hydrogen (secondary N) is 1. The average Bonchev–Trinajstić information content (AvgIpc) is 2.89. The average molecular weight is 213 g/mol. The van der Waals surface area contributed by atoms with Crippen molar-refractivity contribution in [3.05, 3.63) is 0 Å². The summed E-state index contributed by atoms with van der Waals surface area (Å²) in [4.78, 5) is 13.8. The highest BCUT2D eigenvalue weighted by atomic mass is 16.3. The van der Waals surface area contributed by atoms with Crippen LogP contribution >= 0.6 is 0 Å². The lowest BCUT2D eigenvalue weighted by atomic mass is 10.0. The number of nitrogens with zero attached hydrogens (tertiary/aromatic N) is 1. The Bertz CT molecular complexity index is 265. The van der Waals surface area contributed by atoms with E-state index in [1.54, 1.807) is 0 Å². The lowest BCUT2D eigenvalue weighted by Crippen LogP contribution is -2.50. The van der Waals surface area contributed by atoms with Crippen LogP contribution in [0, 0.1) is 5.41 Å². The molecule has 0 bridgehead atoms. The molecule has 0 unspecified atom stereocenters. The zero-order chi connectivity index (χ0) is 11.1. The number of amides is 1. The van der Waals surface area contributed by atoms with Gasteiger partial charge in [-0.3, -0.25) is 4.79 Å². The fourth-order valence-electron chi connectivity index (χ4n) is 2.45. The standard InChI is InChI=1S/C10H19N3O2/c1-13-4-8(10(6-13)2-3-10)12-9(15)7(11)5-14/h7-8,14H,2-6,11H2,1H3,(H,12,15)/t7-,8-/m0/s1. The molecular formula is C10H19N3O2. The van der Waals surface area contributed by atoms with Crippen molar-refractivity contribution in [2.75, 3.05) is 26.7 Å². The molecule has 5 heteroatoms. The van der Waals surface area contributed by atoms with Crippen LogP contribution in [0.3, 0.4) is 0 Å². The number of hydrogen-bond donors (Lipinski definition) is 3. The van der Waals surface area contributed by atoms with Crippen molar-refractivity contribution in [3.63, 3.8) is 0 Å². The molecule has 4 N–H and O–H groups in total. The number of carbonyl (C=O) groups excluding carboxylic acids is 1. The normalized spacial score (nSPS) is 30.5. The third kappa shape index (κ3) is 2.00. The van der Waals surface area contributed by atoms with Gasteiger partial charge in [-0.25, -0.2) is 0 Å². The van der Waals surface area contributed by atoms with Gasteiger partial charge in [0.1, 0.15) is 6.04 Å². The van der Waals surface area contributed by atoms with E-state index in [2.05, 4.69) is 17.3 Å². The molecule has 1 aliphatic carbocycles. The number of likely N-dealkylation sites (tertiary alicyclic amines) is 1. The van der Waals surface area contributed by atoms with E-state index in [0.29, 0.717) is 5.41 Å². The molecule has 2 rings (SSSR count). The summed E-state index contributed by atoms with van der Waals surface area (Å²) in [7, 11) is 2.07. The Hall–Kier alpha value is -0.650. The smallest absolute Gasteiger partial charge is 0.239 e. The molecule has 1 aliphatic heterocycles. The van der Waals surface area contributed by atoms with Crippen molar-refractivity contribution in [3.8, 4) is 0 Å². The van der Waals surface area contributed by atoms with Gasteiger partial charge in [0.05, 0.1) is 6.61 Å². The fourth-order valence-corrected chi connectivity index (χ4v) is 2.45. The van der Waals surface area contributed by atoms with E-state index >= 15 is 0 Å². The fraction of sp³-hybridized carbons (Fsp3) is 0.900. The van der Waals surface area contributed by atoms with E-state index in [1.807, 2.05) is 0 Å². The maximum Gasteiger partial charge on any atom is 0.239 e. The van der Waals surface area contributed by atoms with Gasteiger partial charge in [-0.05, 0) is 19.9 Å². The molecule has 1 heterocycles. The minimum atomic E-state index is -0.785. The summed E-state index contributed by atoms with van der Waals surface area (Å²) in [6.45, 7) is 1.66. The Morgan fingerprint density at radius 1 is 1.73 bits per heavy atom. The molecule has 0 aromatic rings. The second kappa shape index (κ2) is 3.73. The lowest BCUT2D eigenvalue weighted by molar-refractivity contribution is -0.124. The van der Waals surface area contributed by atoms with Crippen LogP contribution in [0.2, 0.25) is 0 Å². The molecule has 2 atom stereocenters. The Morgan fingerprint density at radius 3 is 2.93 bits per heavy atom. The van der Waals surface area contributed by atoms with Gasteiger partial charge in [0.25, 0.3) is 0 Å². The molecule has 0 aromatic heterocycles. The van der Waals surface area contributed by atoms with Gasteiger partial charge in [-0.1, -0.05) is 0 Å². The first-order valence-corrected chi connectivity index (χ1v) is 5.43. The number of rotatable bonds is 3. The van der Waals surface area contributed by atoms with Crippen LogP contribution in [0.1, 0.15) is 12.8 Å². The zero-order valence-electron chi connectivity index (χ0n) is 9.07. The summed E-state index contributed by atoms with van der Waals surface area (Å²) >= 11 is 0. The maximum absolute atomic E-state index is 11.5. The molecule has 2 aliphatic rings. The van der Waals surface area contributed by atoms with Gasteiger partial charge in [0.2, 0.25) is 5.91 Å². The lowest BCUT2D eigenvalue weighted by Gasteiger charge is -2.20. The zero-order valence-corrected chi connectivity index (χ0v) is 9.07. The van der Waals surface area contributed by atoms with Crippen LogP contribution in [0.25, 0.3) is 0 Å². The van der Waals surface area contributed by atoms with Crippen LogP contribution < -0.4 is 11.1 Å². The monoisotopic (exact) mass is 213 g/mol. The van der Waals surface area contributed by atoms with Gasteiger partial charge in [0, 0.05) is 24.5 Å². The number of aliphatic hydroxyl groups is 1. The van der Waals surface area contributed by atoms with Crippen molar-refractivity contribution in [1.29, 1.82) is 0 Å². The van der Waals surface area contributed by atoms with Crippen molar-refractivity contribution >= 4 is 5.91 Å². The van der Waals surface area contributed by atoms with Gasteiger partial charge >= 0.3 is 0 Å². The summed E-state index contributed by atoms with van der Waals surface area (Å²) in [5.41, 5.74) is 5.77. The summed E-state index contributed by atoms with van der Waals surface area (Å²) in [6.07, 6.45) is 2.38. The van der Waals surface area contributed by atoms with Crippen LogP contribution in [0.4, 0.5) is 0 Å². The molecule has 1 saturated heterocycles. The summed E-state index contributed by atoms with van der Waals surface area (Å²) < 4.78 is 0. The van der Waals surface area contributed by atoms with Crippen LogP contribution in [0.15, 0.2) is 0 Å². The first-order chi connectivity index (χ1) is 7.07. The van der Waals surface area contributed by atoms with E-state index in [-0.39, 0.29) is 18.6 Å². The number of carbonyl (C=O) groups is 1. The maximum atomic E-state index is 11.5. The number of hydrogen-bond acceptors (Lipinski definition) is 4. The molecule has 1 spiro atoms. The van der Waals surface area contributed by atoms with E-state index in [9.17, 15) is 4.79 Å². The van der Waals surface area contributed by atoms with E-state index in [1.165, 1.54) is 12.8 Å². The highest BCUT2D eigenvalue weighted by Crippen LogP contribution is 2.52. The van der Waals surface area contributed by atoms with Gasteiger partial charge < -0.3 is 21.1 Å². The second-order valence-corrected chi connectivity index (χ2v) is 4.91. The first kappa shape index (κ1) is 10.9. The Morgan fingerprint density at radius 2 is 2.40 bits per heavy atom. The largest absolute Gasteiger partial charge is 0.394 e. The predicted molar refractivity (Wildman–Crippen MR) is 56.2 cm³/mol. The van der Waals surface area contributed by atoms with Gasteiger partial charge in [0.15, 0.2) is 0 Å². The third-order valence-corrected chi connectivity index (χ3v) is 3.56. The molecule has 0 radical (unpaired) electrons. The van der Waals surface area contributed by atoms with Crippen molar-refractivity contribution in [2.45, 2.75) is 24.9 Å². The minimum absolute atomic E-state index is 0.215. The Labute approximate surface area is 89.6 Å². The SMILES string of the molecule is CN1C[C@H](NC(=O)[C@@H](N)CO)C2(CC2)C1. The quantitative estimate of drug-likeness (QED) is 0.534. The van der Waals surface area contributed by atoms with Gasteiger partial charge in [-0.15, -0.1) is 0 Å². The van der Waals surface area contributed by atoms with Crippen molar-refractivity contribution in [1.82, 2.24) is 10.2 Å². The Kier molecular flexibility index (Phi) is 2.70. The number of likely N-dealkylation sites (N-methyl/N-ethyl adjacent to an activating group) is 1. The minimum Gasteiger partial charge on any atom is -0.394 e. The molecule has 1 saturated carbocycles. The van der Waals surface area contributed by atoms with Crippen molar-refractivity contribution < 1.29 is 9.90 Å². The van der Waals surface area contributed by atoms with Crippen LogP contribution in [-0.2, 0) is 4.79 Å². The second-order valence-electron chi connectivity index (χ2n) is 4.91. The molecule has 2 fully saturated rings. The summed E-state index contributed by atoms with van der Waals surface area (Å²) in [5.74, 6) is -0.232. The Balaban J connectivity index is 1.92. The predicted octanol–water partition coefficient (Wildman–Crippen LogP) is -1.48. The molecule has 1 amide bonds. The van der Waals surface area contributed by atoms with Crippen LogP contribution in [-0.4, -0.2) is 54.7 Å².